The molecule has 1 saturated carbocycles. The summed E-state index contributed by atoms with van der Waals surface area (Å²) >= 11 is 0. The Morgan fingerprint density at radius 3 is 2.60 bits per heavy atom. The molecule has 25 heavy (non-hydrogen) atoms. The zero-order chi connectivity index (χ0) is 17.6. The van der Waals surface area contributed by atoms with Gasteiger partial charge in [-0.3, -0.25) is 4.79 Å². The number of amides is 1. The molecule has 2 heterocycles. The lowest BCUT2D eigenvalue weighted by Crippen LogP contribution is -2.29. The monoisotopic (exact) mass is 357 g/mol. The van der Waals surface area contributed by atoms with Gasteiger partial charge in [0, 0.05) is 17.2 Å². The number of nitrogens with zero attached hydrogens (tertiary/aromatic N) is 2. The van der Waals surface area contributed by atoms with Crippen LogP contribution in [0.15, 0.2) is 40.9 Å². The van der Waals surface area contributed by atoms with Crippen LogP contribution in [0.4, 0.5) is 0 Å². The van der Waals surface area contributed by atoms with Crippen LogP contribution in [0, 0.1) is 0 Å². The Hall–Kier alpha value is -2.74. The van der Waals surface area contributed by atoms with Crippen molar-refractivity contribution in [1.29, 1.82) is 0 Å². The topological polar surface area (TPSA) is 102 Å². The van der Waals surface area contributed by atoms with E-state index >= 15 is 0 Å². The van der Waals surface area contributed by atoms with Gasteiger partial charge < -0.3 is 4.52 Å². The zero-order valence-electron chi connectivity index (χ0n) is 13.4. The first-order chi connectivity index (χ1) is 11.9. The highest BCUT2D eigenvalue weighted by atomic mass is 32.2. The second-order valence-corrected chi connectivity index (χ2v) is 7.90. The van der Waals surface area contributed by atoms with Gasteiger partial charge in [0.05, 0.1) is 17.2 Å². The van der Waals surface area contributed by atoms with Crippen LogP contribution in [0.5, 0.6) is 0 Å². The summed E-state index contributed by atoms with van der Waals surface area (Å²) in [6.45, 7) is 0. The summed E-state index contributed by atoms with van der Waals surface area (Å²) < 4.78 is 30.3. The lowest BCUT2D eigenvalue weighted by Gasteiger charge is -2.07. The lowest BCUT2D eigenvalue weighted by atomic mass is 10.0. The standard InChI is InChI=1S/C17H15N3O4S/c1-25(22,23)20-16(21)12-9-13(10-7-8-10)18-17-14(12)15(19-24-17)11-5-3-2-4-6-11/h2-6,9-10H,7-8H2,1H3,(H,20,21). The number of carbonyl (C=O) groups excluding carboxylic acids is 1. The molecule has 0 atom stereocenters. The third-order valence-corrected chi connectivity index (χ3v) is 4.59. The highest BCUT2D eigenvalue weighted by molar-refractivity contribution is 7.89. The van der Waals surface area contributed by atoms with Gasteiger partial charge in [-0.1, -0.05) is 35.5 Å². The maximum atomic E-state index is 12.6. The van der Waals surface area contributed by atoms with Crippen molar-refractivity contribution in [3.8, 4) is 11.3 Å². The Morgan fingerprint density at radius 1 is 1.24 bits per heavy atom. The Balaban J connectivity index is 1.93. The number of aromatic nitrogens is 2. The number of rotatable bonds is 4. The van der Waals surface area contributed by atoms with Gasteiger partial charge >= 0.3 is 0 Å². The molecule has 1 N–H and O–H groups in total. The van der Waals surface area contributed by atoms with Crippen molar-refractivity contribution in [2.45, 2.75) is 18.8 Å². The van der Waals surface area contributed by atoms with Gasteiger partial charge in [-0.2, -0.15) is 0 Å². The smallest absolute Gasteiger partial charge is 0.265 e. The fourth-order valence-electron chi connectivity index (χ4n) is 2.75. The number of carbonyl (C=O) groups is 1. The van der Waals surface area contributed by atoms with Crippen LogP contribution in [0.1, 0.15) is 34.8 Å². The van der Waals surface area contributed by atoms with E-state index in [2.05, 4.69) is 10.1 Å². The molecule has 128 valence electrons. The Morgan fingerprint density at radius 2 is 1.96 bits per heavy atom. The lowest BCUT2D eigenvalue weighted by molar-refractivity contribution is 0.0983. The fourth-order valence-corrected chi connectivity index (χ4v) is 3.20. The molecule has 1 amide bonds. The maximum Gasteiger partial charge on any atom is 0.265 e. The van der Waals surface area contributed by atoms with Gasteiger partial charge in [0.25, 0.3) is 11.6 Å². The van der Waals surface area contributed by atoms with E-state index in [1.54, 1.807) is 6.07 Å². The second kappa shape index (κ2) is 5.66. The molecular formula is C17H15N3O4S. The summed E-state index contributed by atoms with van der Waals surface area (Å²) in [6, 6.07) is 10.9. The van der Waals surface area contributed by atoms with Crippen LogP contribution in [0.25, 0.3) is 22.4 Å². The number of hydrogen-bond donors (Lipinski definition) is 1. The van der Waals surface area contributed by atoms with Gasteiger partial charge in [0.1, 0.15) is 5.69 Å². The predicted octanol–water partition coefficient (Wildman–Crippen LogP) is 2.46. The number of fused-ring (bicyclic) bond motifs is 1. The van der Waals surface area contributed by atoms with Crippen LogP contribution in [0.2, 0.25) is 0 Å². The van der Waals surface area contributed by atoms with Crippen LogP contribution in [-0.4, -0.2) is 30.7 Å². The van der Waals surface area contributed by atoms with Crippen LogP contribution in [0.3, 0.4) is 0 Å². The van der Waals surface area contributed by atoms with E-state index in [4.69, 9.17) is 4.52 Å². The Bertz CT molecular complexity index is 1070. The molecule has 2 aromatic heterocycles. The summed E-state index contributed by atoms with van der Waals surface area (Å²) in [5.41, 5.74) is 2.39. The van der Waals surface area contributed by atoms with Crippen molar-refractivity contribution in [2.75, 3.05) is 6.26 Å². The van der Waals surface area contributed by atoms with E-state index in [-0.39, 0.29) is 17.2 Å². The van der Waals surface area contributed by atoms with Gasteiger partial charge in [-0.15, -0.1) is 0 Å². The largest absolute Gasteiger partial charge is 0.335 e. The third kappa shape index (κ3) is 3.12. The molecule has 3 aromatic rings. The van der Waals surface area contributed by atoms with Gasteiger partial charge in [0.2, 0.25) is 10.0 Å². The first kappa shape index (κ1) is 15.8. The Kier molecular flexibility index (Phi) is 3.57. The van der Waals surface area contributed by atoms with Crippen LogP contribution in [-0.2, 0) is 10.0 Å². The molecule has 8 heteroatoms. The number of hydrogen-bond acceptors (Lipinski definition) is 6. The molecule has 0 saturated heterocycles. The van der Waals surface area contributed by atoms with E-state index in [9.17, 15) is 13.2 Å². The quantitative estimate of drug-likeness (QED) is 0.769. The first-order valence-corrected chi connectivity index (χ1v) is 9.69. The molecule has 0 spiro atoms. The molecule has 1 fully saturated rings. The number of pyridine rings is 1. The van der Waals surface area contributed by atoms with Crippen molar-refractivity contribution < 1.29 is 17.7 Å². The maximum absolute atomic E-state index is 12.6. The highest BCUT2D eigenvalue weighted by Gasteiger charge is 2.29. The number of nitrogens with one attached hydrogen (secondary N) is 1. The van der Waals surface area contributed by atoms with Crippen molar-refractivity contribution >= 4 is 27.0 Å². The molecule has 1 aliphatic rings. The van der Waals surface area contributed by atoms with E-state index < -0.39 is 15.9 Å². The van der Waals surface area contributed by atoms with E-state index in [0.717, 1.165) is 30.4 Å². The SMILES string of the molecule is CS(=O)(=O)NC(=O)c1cc(C2CC2)nc2onc(-c3ccccc3)c12. The number of sulfonamides is 1. The average Bonchev–Trinajstić information content (AvgIpc) is 3.33. The van der Waals surface area contributed by atoms with Crippen molar-refractivity contribution in [1.82, 2.24) is 14.9 Å². The minimum atomic E-state index is -3.69. The third-order valence-electron chi connectivity index (χ3n) is 4.03. The molecule has 7 nitrogen and oxygen atoms in total. The minimum Gasteiger partial charge on any atom is -0.335 e. The van der Waals surface area contributed by atoms with E-state index in [0.29, 0.717) is 11.1 Å². The van der Waals surface area contributed by atoms with Gasteiger partial charge in [-0.25, -0.2) is 18.1 Å². The van der Waals surface area contributed by atoms with Gasteiger partial charge in [0.15, 0.2) is 0 Å². The molecule has 0 aliphatic heterocycles. The minimum absolute atomic E-state index is 0.206. The summed E-state index contributed by atoms with van der Waals surface area (Å²) in [5, 5.41) is 4.47. The highest BCUT2D eigenvalue weighted by Crippen LogP contribution is 2.41. The summed E-state index contributed by atoms with van der Waals surface area (Å²) in [6.07, 6.45) is 2.92. The van der Waals surface area contributed by atoms with E-state index in [1.165, 1.54) is 0 Å². The summed E-state index contributed by atoms with van der Waals surface area (Å²) in [7, 11) is -3.69. The summed E-state index contributed by atoms with van der Waals surface area (Å²) in [4.78, 5) is 17.0. The number of benzene rings is 1. The van der Waals surface area contributed by atoms with Crippen molar-refractivity contribution in [2.24, 2.45) is 0 Å². The zero-order valence-corrected chi connectivity index (χ0v) is 14.2. The summed E-state index contributed by atoms with van der Waals surface area (Å²) in [5.74, 6) is -0.434. The second-order valence-electron chi connectivity index (χ2n) is 6.15. The van der Waals surface area contributed by atoms with Crippen molar-refractivity contribution in [3.63, 3.8) is 0 Å². The predicted molar refractivity (Wildman–Crippen MR) is 91.5 cm³/mol. The fraction of sp³-hybridized carbons (Fsp3) is 0.235. The molecule has 0 unspecified atom stereocenters. The molecular weight excluding hydrogens is 342 g/mol. The van der Waals surface area contributed by atoms with Crippen LogP contribution >= 0.6 is 0 Å². The van der Waals surface area contributed by atoms with Crippen molar-refractivity contribution in [3.05, 3.63) is 47.7 Å². The molecule has 1 aliphatic carbocycles. The molecule has 0 bridgehead atoms. The van der Waals surface area contributed by atoms with E-state index in [1.807, 2.05) is 35.1 Å². The molecule has 4 rings (SSSR count). The Labute approximate surface area is 144 Å². The average molecular weight is 357 g/mol. The first-order valence-electron chi connectivity index (χ1n) is 7.80. The van der Waals surface area contributed by atoms with Crippen LogP contribution < -0.4 is 4.72 Å². The molecule has 1 aromatic carbocycles. The van der Waals surface area contributed by atoms with Gasteiger partial charge in [-0.05, 0) is 18.9 Å². The normalized spacial score (nSPS) is 14.6. The molecule has 0 radical (unpaired) electrons.